The van der Waals surface area contributed by atoms with E-state index in [-0.39, 0.29) is 0 Å². The van der Waals surface area contributed by atoms with Gasteiger partial charge in [-0.2, -0.15) is 0 Å². The smallest absolute Gasteiger partial charge is 0.328 e. The van der Waals surface area contributed by atoms with Gasteiger partial charge >= 0.3 is 5.97 Å². The van der Waals surface area contributed by atoms with Crippen LogP contribution in [-0.2, 0) is 16.1 Å². The van der Waals surface area contributed by atoms with Gasteiger partial charge in [-0.05, 0) is 36.6 Å². The third kappa shape index (κ3) is 6.52. The van der Waals surface area contributed by atoms with E-state index in [9.17, 15) is 4.79 Å². The van der Waals surface area contributed by atoms with Crippen LogP contribution in [0, 0.1) is 0 Å². The van der Waals surface area contributed by atoms with E-state index in [2.05, 4.69) is 11.8 Å². The lowest BCUT2D eigenvalue weighted by Gasteiger charge is -2.19. The maximum absolute atomic E-state index is 10.4. The highest BCUT2D eigenvalue weighted by atomic mass is 32.1. The second kappa shape index (κ2) is 8.85. The van der Waals surface area contributed by atoms with Gasteiger partial charge in [-0.3, -0.25) is 4.90 Å². The first-order chi connectivity index (χ1) is 9.15. The first kappa shape index (κ1) is 15.9. The predicted octanol–water partition coefficient (Wildman–Crippen LogP) is 2.70. The number of thiophene rings is 1. The fourth-order valence-corrected chi connectivity index (χ4v) is 2.54. The quantitative estimate of drug-likeness (QED) is 0.559. The topological polar surface area (TPSA) is 49.8 Å². The molecule has 0 saturated carbocycles. The number of aliphatic carboxylic acids is 1. The third-order valence-corrected chi connectivity index (χ3v) is 3.61. The molecular formula is C14H21NO3S. The van der Waals surface area contributed by atoms with Crippen LogP contribution >= 0.6 is 11.3 Å². The number of ether oxygens (including phenoxy) is 1. The Labute approximate surface area is 118 Å². The lowest BCUT2D eigenvalue weighted by atomic mass is 10.2. The summed E-state index contributed by atoms with van der Waals surface area (Å²) < 4.78 is 5.36. The molecule has 0 unspecified atom stereocenters. The van der Waals surface area contributed by atoms with Crippen LogP contribution in [0.25, 0.3) is 6.08 Å². The number of carboxylic acids is 1. The molecule has 0 bridgehead atoms. The van der Waals surface area contributed by atoms with Crippen LogP contribution in [0.5, 0.6) is 0 Å². The van der Waals surface area contributed by atoms with E-state index in [4.69, 9.17) is 9.84 Å². The van der Waals surface area contributed by atoms with Crippen LogP contribution in [0.15, 0.2) is 17.5 Å². The monoisotopic (exact) mass is 283 g/mol. The lowest BCUT2D eigenvalue weighted by Crippen LogP contribution is -2.26. The van der Waals surface area contributed by atoms with E-state index < -0.39 is 5.97 Å². The van der Waals surface area contributed by atoms with Crippen LogP contribution in [0.3, 0.4) is 0 Å². The molecule has 0 aromatic carbocycles. The summed E-state index contributed by atoms with van der Waals surface area (Å²) in [6.45, 7) is 8.41. The van der Waals surface area contributed by atoms with Crippen molar-refractivity contribution in [2.24, 2.45) is 0 Å². The maximum atomic E-state index is 10.4. The fourth-order valence-electron chi connectivity index (χ4n) is 1.64. The summed E-state index contributed by atoms with van der Waals surface area (Å²) in [5.41, 5.74) is 0.947. The van der Waals surface area contributed by atoms with Gasteiger partial charge in [-0.25, -0.2) is 4.79 Å². The summed E-state index contributed by atoms with van der Waals surface area (Å²) in [6.07, 6.45) is 2.79. The number of carbonyl (C=O) groups is 1. The number of hydrogen-bond acceptors (Lipinski definition) is 4. The standard InChI is InChI=1S/C14H21NO3S/c1-3-15(7-8-18-4-2)10-13-9-12(11-19-13)5-6-14(16)17/h5-6,9,11H,3-4,7-8,10H2,1-2H3,(H,16,17). The first-order valence-electron chi connectivity index (χ1n) is 6.44. The summed E-state index contributed by atoms with van der Waals surface area (Å²) in [7, 11) is 0. The predicted molar refractivity (Wildman–Crippen MR) is 78.4 cm³/mol. The van der Waals surface area contributed by atoms with Gasteiger partial charge in [0.25, 0.3) is 0 Å². The van der Waals surface area contributed by atoms with E-state index in [0.29, 0.717) is 0 Å². The van der Waals surface area contributed by atoms with Crippen molar-refractivity contribution in [3.05, 3.63) is 28.0 Å². The molecule has 0 aliphatic carbocycles. The van der Waals surface area contributed by atoms with Gasteiger partial charge in [-0.15, -0.1) is 11.3 Å². The van der Waals surface area contributed by atoms with Gasteiger partial charge in [0.05, 0.1) is 6.61 Å². The van der Waals surface area contributed by atoms with Crippen molar-refractivity contribution in [1.29, 1.82) is 0 Å². The van der Waals surface area contributed by atoms with E-state index in [1.165, 1.54) is 11.0 Å². The molecule has 0 amide bonds. The van der Waals surface area contributed by atoms with Crippen molar-refractivity contribution in [1.82, 2.24) is 4.90 Å². The van der Waals surface area contributed by atoms with E-state index in [1.807, 2.05) is 18.4 Å². The Bertz CT molecular complexity index is 415. The van der Waals surface area contributed by atoms with Crippen LogP contribution in [0.4, 0.5) is 0 Å². The SMILES string of the molecule is CCOCCN(CC)Cc1cc(C=CC(=O)O)cs1. The molecular weight excluding hydrogens is 262 g/mol. The average molecular weight is 283 g/mol. The zero-order valence-corrected chi connectivity index (χ0v) is 12.3. The lowest BCUT2D eigenvalue weighted by molar-refractivity contribution is -0.131. The Morgan fingerprint density at radius 1 is 1.53 bits per heavy atom. The van der Waals surface area contributed by atoms with Crippen molar-refractivity contribution < 1.29 is 14.6 Å². The van der Waals surface area contributed by atoms with Crippen molar-refractivity contribution in [2.45, 2.75) is 20.4 Å². The molecule has 0 aliphatic heterocycles. The third-order valence-electron chi connectivity index (χ3n) is 2.68. The molecule has 5 heteroatoms. The van der Waals surface area contributed by atoms with Gasteiger partial charge in [0.1, 0.15) is 0 Å². The van der Waals surface area contributed by atoms with E-state index in [0.717, 1.165) is 38.4 Å². The summed E-state index contributed by atoms with van der Waals surface area (Å²) >= 11 is 1.66. The van der Waals surface area contributed by atoms with E-state index in [1.54, 1.807) is 17.4 Å². The van der Waals surface area contributed by atoms with Gasteiger partial charge in [0, 0.05) is 30.6 Å². The van der Waals surface area contributed by atoms with Gasteiger partial charge in [0.15, 0.2) is 0 Å². The molecule has 0 radical (unpaired) electrons. The number of rotatable bonds is 9. The first-order valence-corrected chi connectivity index (χ1v) is 7.32. The molecule has 0 saturated heterocycles. The van der Waals surface area contributed by atoms with Crippen LogP contribution in [-0.4, -0.2) is 42.3 Å². The molecule has 19 heavy (non-hydrogen) atoms. The maximum Gasteiger partial charge on any atom is 0.328 e. The van der Waals surface area contributed by atoms with E-state index >= 15 is 0 Å². The molecule has 0 fully saturated rings. The highest BCUT2D eigenvalue weighted by Gasteiger charge is 2.05. The van der Waals surface area contributed by atoms with Crippen LogP contribution in [0.2, 0.25) is 0 Å². The Morgan fingerprint density at radius 3 is 2.95 bits per heavy atom. The highest BCUT2D eigenvalue weighted by Crippen LogP contribution is 2.18. The molecule has 1 aromatic heterocycles. The molecule has 106 valence electrons. The minimum atomic E-state index is -0.917. The van der Waals surface area contributed by atoms with Gasteiger partial charge < -0.3 is 9.84 Å². The fraction of sp³-hybridized carbons (Fsp3) is 0.500. The summed E-state index contributed by atoms with van der Waals surface area (Å²) in [5, 5.41) is 10.6. The minimum absolute atomic E-state index is 0.751. The summed E-state index contributed by atoms with van der Waals surface area (Å²) in [4.78, 5) is 14.0. The normalized spacial score (nSPS) is 11.5. The number of hydrogen-bond donors (Lipinski definition) is 1. The van der Waals surface area contributed by atoms with Crippen LogP contribution < -0.4 is 0 Å². The Balaban J connectivity index is 2.48. The largest absolute Gasteiger partial charge is 0.478 e. The molecule has 0 aliphatic rings. The molecule has 1 aromatic rings. The van der Waals surface area contributed by atoms with Gasteiger partial charge in [0.2, 0.25) is 0 Å². The molecule has 1 heterocycles. The Morgan fingerprint density at radius 2 is 2.32 bits per heavy atom. The number of likely N-dealkylation sites (N-methyl/N-ethyl adjacent to an activating group) is 1. The second-order valence-electron chi connectivity index (χ2n) is 4.08. The van der Waals surface area contributed by atoms with Crippen molar-refractivity contribution in [3.8, 4) is 0 Å². The van der Waals surface area contributed by atoms with Crippen molar-refractivity contribution >= 4 is 23.4 Å². The van der Waals surface area contributed by atoms with Gasteiger partial charge in [-0.1, -0.05) is 6.92 Å². The zero-order chi connectivity index (χ0) is 14.1. The number of nitrogens with zero attached hydrogens (tertiary/aromatic N) is 1. The molecule has 1 N–H and O–H groups in total. The molecule has 0 atom stereocenters. The highest BCUT2D eigenvalue weighted by molar-refractivity contribution is 7.10. The Kier molecular flexibility index (Phi) is 7.40. The molecule has 0 spiro atoms. The zero-order valence-electron chi connectivity index (χ0n) is 11.5. The van der Waals surface area contributed by atoms with Crippen LogP contribution in [0.1, 0.15) is 24.3 Å². The molecule has 1 rings (SSSR count). The second-order valence-corrected chi connectivity index (χ2v) is 5.08. The van der Waals surface area contributed by atoms with Crippen molar-refractivity contribution in [3.63, 3.8) is 0 Å². The Hall–Kier alpha value is -1.17. The molecule has 4 nitrogen and oxygen atoms in total. The average Bonchev–Trinajstić information content (AvgIpc) is 2.83. The summed E-state index contributed by atoms with van der Waals surface area (Å²) in [6, 6.07) is 2.04. The minimum Gasteiger partial charge on any atom is -0.478 e. The summed E-state index contributed by atoms with van der Waals surface area (Å²) in [5.74, 6) is -0.917. The number of carboxylic acid groups (broad SMARTS) is 1. The van der Waals surface area contributed by atoms with Crippen molar-refractivity contribution in [2.75, 3.05) is 26.3 Å².